The van der Waals surface area contributed by atoms with Crippen molar-refractivity contribution >= 4 is 28.5 Å². The third-order valence-corrected chi connectivity index (χ3v) is 8.37. The van der Waals surface area contributed by atoms with Crippen LogP contribution in [0, 0.1) is 5.92 Å². The Morgan fingerprint density at radius 1 is 1.12 bits per heavy atom. The summed E-state index contributed by atoms with van der Waals surface area (Å²) in [6.45, 7) is 4.62. The molecular weight excluding hydrogens is 544 g/mol. The van der Waals surface area contributed by atoms with Crippen molar-refractivity contribution in [1.29, 1.82) is 0 Å². The van der Waals surface area contributed by atoms with Crippen molar-refractivity contribution in [3.63, 3.8) is 0 Å². The van der Waals surface area contributed by atoms with Gasteiger partial charge in [-0.15, -0.1) is 0 Å². The molecule has 5 rings (SSSR count). The number of fused-ring (bicyclic) bond motifs is 5. The van der Waals surface area contributed by atoms with E-state index in [1.54, 1.807) is 36.1 Å². The smallest absolute Gasteiger partial charge is 0.321 e. The number of benzene rings is 3. The number of amides is 3. The van der Waals surface area contributed by atoms with E-state index in [9.17, 15) is 14.7 Å². The fraction of sp³-hybridized carbons (Fsp3) is 0.353. The molecule has 3 amide bonds. The molecule has 1 aromatic heterocycles. The van der Waals surface area contributed by atoms with Crippen molar-refractivity contribution < 1.29 is 24.2 Å². The number of ether oxygens (including phenoxy) is 2. The summed E-state index contributed by atoms with van der Waals surface area (Å²) in [5.41, 5.74) is 4.85. The normalized spacial score (nSPS) is 17.9. The number of carbonyl (C=O) groups excluding carboxylic acids is 2. The van der Waals surface area contributed by atoms with Gasteiger partial charge < -0.3 is 34.3 Å². The lowest BCUT2D eigenvalue weighted by Gasteiger charge is -2.35. The number of likely N-dealkylation sites (N-methyl/N-ethyl adjacent to an activating group) is 1. The minimum Gasteiger partial charge on any atom is -0.495 e. The number of aliphatic hydroxyl groups excluding tert-OH is 1. The van der Waals surface area contributed by atoms with Gasteiger partial charge >= 0.3 is 6.03 Å². The predicted octanol–water partition coefficient (Wildman–Crippen LogP) is 5.38. The van der Waals surface area contributed by atoms with Crippen LogP contribution < -0.4 is 10.1 Å². The summed E-state index contributed by atoms with van der Waals surface area (Å²) in [5.74, 6) is 0.252. The van der Waals surface area contributed by atoms with Crippen LogP contribution in [0.1, 0.15) is 29.9 Å². The molecule has 0 saturated carbocycles. The Kier molecular flexibility index (Phi) is 9.03. The number of anilines is 1. The molecule has 0 aliphatic carbocycles. The highest BCUT2D eigenvalue weighted by molar-refractivity contribution is 6.10. The van der Waals surface area contributed by atoms with Crippen LogP contribution in [0.15, 0.2) is 72.8 Å². The van der Waals surface area contributed by atoms with Gasteiger partial charge in [-0.1, -0.05) is 61.5 Å². The molecule has 1 aliphatic rings. The first-order chi connectivity index (χ1) is 20.7. The summed E-state index contributed by atoms with van der Waals surface area (Å²) in [6.07, 6.45) is -0.402. The third kappa shape index (κ3) is 5.96. The van der Waals surface area contributed by atoms with Crippen molar-refractivity contribution in [1.82, 2.24) is 14.4 Å². The summed E-state index contributed by atoms with van der Waals surface area (Å²) >= 11 is 0. The first-order valence-electron chi connectivity index (χ1n) is 14.6. The van der Waals surface area contributed by atoms with Gasteiger partial charge in [0.25, 0.3) is 5.91 Å². The zero-order valence-corrected chi connectivity index (χ0v) is 25.4. The average Bonchev–Trinajstić information content (AvgIpc) is 3.32. The molecule has 2 N–H and O–H groups in total. The van der Waals surface area contributed by atoms with E-state index < -0.39 is 12.1 Å². The number of rotatable bonds is 6. The Morgan fingerprint density at radius 3 is 2.58 bits per heavy atom. The molecule has 0 bridgehead atoms. The lowest BCUT2D eigenvalue weighted by atomic mass is 9.96. The van der Waals surface area contributed by atoms with Crippen LogP contribution in [0.4, 0.5) is 10.5 Å². The van der Waals surface area contributed by atoms with Gasteiger partial charge in [-0.3, -0.25) is 4.79 Å². The quantitative estimate of drug-likeness (QED) is 0.318. The molecule has 4 aromatic rings. The molecule has 0 saturated heterocycles. The molecule has 3 atom stereocenters. The van der Waals surface area contributed by atoms with Crippen molar-refractivity contribution in [3.8, 4) is 16.9 Å². The summed E-state index contributed by atoms with van der Waals surface area (Å²) in [6, 6.07) is 22.5. The second kappa shape index (κ2) is 12.9. The Hall–Kier alpha value is -4.34. The highest BCUT2D eigenvalue weighted by Crippen LogP contribution is 2.38. The van der Waals surface area contributed by atoms with Gasteiger partial charge in [0.1, 0.15) is 11.4 Å². The topological polar surface area (TPSA) is 96.3 Å². The van der Waals surface area contributed by atoms with Crippen LogP contribution in [0.5, 0.6) is 5.75 Å². The zero-order valence-electron chi connectivity index (χ0n) is 25.4. The maximum Gasteiger partial charge on any atom is 0.321 e. The van der Waals surface area contributed by atoms with E-state index in [0.29, 0.717) is 30.3 Å². The number of para-hydroxylation sites is 3. The maximum absolute atomic E-state index is 14.5. The predicted molar refractivity (Wildman–Crippen MR) is 168 cm³/mol. The number of methoxy groups -OCH3 is 1. The number of nitrogens with one attached hydrogen (secondary N) is 1. The van der Waals surface area contributed by atoms with Crippen LogP contribution in [0.3, 0.4) is 0 Å². The lowest BCUT2D eigenvalue weighted by molar-refractivity contribution is -0.0179. The molecule has 226 valence electrons. The summed E-state index contributed by atoms with van der Waals surface area (Å²) in [5, 5.41) is 14.1. The van der Waals surface area contributed by atoms with Crippen molar-refractivity contribution in [2.24, 2.45) is 13.0 Å². The Labute approximate surface area is 252 Å². The van der Waals surface area contributed by atoms with Gasteiger partial charge in [0.05, 0.1) is 38.2 Å². The van der Waals surface area contributed by atoms with Crippen LogP contribution in [-0.4, -0.2) is 77.4 Å². The Morgan fingerprint density at radius 2 is 1.81 bits per heavy atom. The molecule has 3 aromatic carbocycles. The van der Waals surface area contributed by atoms with E-state index in [2.05, 4.69) is 5.32 Å². The molecule has 0 radical (unpaired) electrons. The van der Waals surface area contributed by atoms with E-state index in [1.165, 1.54) is 0 Å². The Bertz CT molecular complexity index is 1620. The van der Waals surface area contributed by atoms with Crippen LogP contribution in [0.25, 0.3) is 22.0 Å². The van der Waals surface area contributed by atoms with E-state index >= 15 is 0 Å². The fourth-order valence-corrected chi connectivity index (χ4v) is 5.84. The molecule has 0 unspecified atom stereocenters. The number of nitrogens with zero attached hydrogens (tertiary/aromatic N) is 3. The van der Waals surface area contributed by atoms with Gasteiger partial charge in [-0.05, 0) is 36.2 Å². The van der Waals surface area contributed by atoms with Crippen LogP contribution >= 0.6 is 0 Å². The van der Waals surface area contributed by atoms with Gasteiger partial charge in [0.15, 0.2) is 0 Å². The van der Waals surface area contributed by atoms with Crippen LogP contribution in [0.2, 0.25) is 0 Å². The van der Waals surface area contributed by atoms with Gasteiger partial charge in [-0.25, -0.2) is 4.79 Å². The molecular formula is C34H40N4O5. The standard InChI is InChI=1S/C34H40N4O5/c1-22-18-38(23(2)20-39)33(40)32-31(26-14-8-10-16-28(26)37(32)4)25-13-7-6-12-24(25)21-43-30(22)19-36(3)34(41)35-27-15-9-11-17-29(27)42-5/h6-17,22-23,30,39H,18-21H2,1-5H3,(H,35,41)/t22-,23-,30-/m0/s1. The molecule has 9 nitrogen and oxygen atoms in total. The number of urea groups is 1. The number of hydrogen-bond donors (Lipinski definition) is 2. The minimum absolute atomic E-state index is 0.153. The van der Waals surface area contributed by atoms with E-state index in [-0.39, 0.29) is 31.0 Å². The van der Waals surface area contributed by atoms with E-state index in [4.69, 9.17) is 9.47 Å². The fourth-order valence-electron chi connectivity index (χ4n) is 5.84. The number of aliphatic hydroxyl groups is 1. The van der Waals surface area contributed by atoms with Crippen molar-refractivity contribution in [3.05, 3.63) is 84.1 Å². The second-order valence-electron chi connectivity index (χ2n) is 11.3. The first-order valence-corrected chi connectivity index (χ1v) is 14.6. The molecule has 0 spiro atoms. The number of hydrogen-bond acceptors (Lipinski definition) is 5. The Balaban J connectivity index is 1.53. The van der Waals surface area contributed by atoms with Gasteiger partial charge in [0.2, 0.25) is 0 Å². The summed E-state index contributed by atoms with van der Waals surface area (Å²) in [7, 11) is 5.20. The van der Waals surface area contributed by atoms with E-state index in [1.807, 2.05) is 86.1 Å². The average molecular weight is 585 g/mol. The van der Waals surface area contributed by atoms with Crippen LogP contribution in [-0.2, 0) is 18.4 Å². The summed E-state index contributed by atoms with van der Waals surface area (Å²) < 4.78 is 13.9. The molecule has 1 aliphatic heterocycles. The van der Waals surface area contributed by atoms with Crippen molar-refractivity contribution in [2.45, 2.75) is 32.6 Å². The molecule has 0 fully saturated rings. The monoisotopic (exact) mass is 584 g/mol. The highest BCUT2D eigenvalue weighted by Gasteiger charge is 2.34. The minimum atomic E-state index is -0.427. The summed E-state index contributed by atoms with van der Waals surface area (Å²) in [4.78, 5) is 31.0. The second-order valence-corrected chi connectivity index (χ2v) is 11.3. The molecule has 9 heteroatoms. The number of aromatic nitrogens is 1. The van der Waals surface area contributed by atoms with Gasteiger partial charge in [0, 0.05) is 49.6 Å². The molecule has 2 heterocycles. The zero-order chi connectivity index (χ0) is 30.7. The van der Waals surface area contributed by atoms with Gasteiger partial charge in [-0.2, -0.15) is 0 Å². The third-order valence-electron chi connectivity index (χ3n) is 8.37. The number of aryl methyl sites for hydroxylation is 1. The van der Waals surface area contributed by atoms with Crippen molar-refractivity contribution in [2.75, 3.05) is 39.2 Å². The maximum atomic E-state index is 14.5. The van der Waals surface area contributed by atoms with E-state index in [0.717, 1.165) is 27.6 Å². The first kappa shape index (κ1) is 30.1. The lowest BCUT2D eigenvalue weighted by Crippen LogP contribution is -2.48. The highest BCUT2D eigenvalue weighted by atomic mass is 16.5. The largest absolute Gasteiger partial charge is 0.495 e. The molecule has 43 heavy (non-hydrogen) atoms. The SMILES string of the molecule is COc1ccccc1NC(=O)N(C)C[C@@H]1OCc2ccccc2-c2c(n(C)c3ccccc23)C(=O)N([C@@H](C)CO)C[C@@H]1C. The number of carbonyl (C=O) groups is 2.